The van der Waals surface area contributed by atoms with Crippen LogP contribution in [0.4, 0.5) is 0 Å². The number of epoxide rings is 1. The number of unbranched alkanes of at least 4 members (excludes halogenated alkanes) is 2. The minimum absolute atomic E-state index is 0.264. The predicted molar refractivity (Wildman–Crippen MR) is 75.7 cm³/mol. The highest BCUT2D eigenvalue weighted by atomic mass is 16.7. The van der Waals surface area contributed by atoms with Gasteiger partial charge in [-0.2, -0.15) is 0 Å². The molecule has 0 radical (unpaired) electrons. The highest BCUT2D eigenvalue weighted by Crippen LogP contribution is 2.46. The van der Waals surface area contributed by atoms with Gasteiger partial charge in [-0.05, 0) is 31.0 Å². The van der Waals surface area contributed by atoms with Crippen LogP contribution >= 0.6 is 0 Å². The lowest BCUT2D eigenvalue weighted by atomic mass is 9.97. The lowest BCUT2D eigenvalue weighted by Gasteiger charge is -2.08. The van der Waals surface area contributed by atoms with Gasteiger partial charge < -0.3 is 14.2 Å². The summed E-state index contributed by atoms with van der Waals surface area (Å²) in [6.45, 7) is 4.50. The zero-order valence-corrected chi connectivity index (χ0v) is 12.3. The Labute approximate surface area is 120 Å². The van der Waals surface area contributed by atoms with Crippen LogP contribution in [-0.2, 0) is 19.9 Å². The summed E-state index contributed by atoms with van der Waals surface area (Å²) in [5.41, 5.74) is 0.405. The van der Waals surface area contributed by atoms with Gasteiger partial charge in [0.1, 0.15) is 11.4 Å². The van der Waals surface area contributed by atoms with Crippen molar-refractivity contribution in [3.05, 3.63) is 29.8 Å². The molecular weight excluding hydrogens is 256 g/mol. The fourth-order valence-electron chi connectivity index (χ4n) is 2.23. The number of esters is 1. The van der Waals surface area contributed by atoms with Crippen molar-refractivity contribution in [2.45, 2.75) is 44.8 Å². The summed E-state index contributed by atoms with van der Waals surface area (Å²) >= 11 is 0. The van der Waals surface area contributed by atoms with Gasteiger partial charge in [0.25, 0.3) is 0 Å². The summed E-state index contributed by atoms with van der Waals surface area (Å²) in [5, 5.41) is 0. The van der Waals surface area contributed by atoms with Gasteiger partial charge in [0.05, 0.1) is 13.7 Å². The maximum Gasteiger partial charge on any atom is 0.338 e. The quantitative estimate of drug-likeness (QED) is 0.437. The van der Waals surface area contributed by atoms with Crippen LogP contribution in [0.2, 0.25) is 0 Å². The zero-order chi connectivity index (χ0) is 14.6. The molecule has 1 aliphatic rings. The normalized spacial score (nSPS) is 24.2. The van der Waals surface area contributed by atoms with Gasteiger partial charge in [0, 0.05) is 0 Å². The third-order valence-corrected chi connectivity index (χ3v) is 3.68. The second kappa shape index (κ2) is 6.27. The van der Waals surface area contributed by atoms with Crippen molar-refractivity contribution in [2.24, 2.45) is 0 Å². The van der Waals surface area contributed by atoms with E-state index in [0.29, 0.717) is 6.61 Å². The number of carbonyl (C=O) groups excluding carboxylic acids is 1. The van der Waals surface area contributed by atoms with Crippen molar-refractivity contribution in [1.82, 2.24) is 0 Å². The number of carbonyl (C=O) groups is 1. The van der Waals surface area contributed by atoms with E-state index in [1.54, 1.807) is 7.11 Å². The van der Waals surface area contributed by atoms with Gasteiger partial charge in [0.2, 0.25) is 0 Å². The van der Waals surface area contributed by atoms with Crippen LogP contribution in [0, 0.1) is 0 Å². The first-order valence-corrected chi connectivity index (χ1v) is 7.10. The van der Waals surface area contributed by atoms with E-state index in [1.807, 2.05) is 31.2 Å². The van der Waals surface area contributed by atoms with Gasteiger partial charge in [0.15, 0.2) is 6.10 Å². The summed E-state index contributed by atoms with van der Waals surface area (Å²) in [4.78, 5) is 11.9. The van der Waals surface area contributed by atoms with E-state index in [9.17, 15) is 4.79 Å². The number of rotatable bonds is 7. The first-order chi connectivity index (χ1) is 9.61. The molecule has 2 unspecified atom stereocenters. The number of methoxy groups -OCH3 is 1. The summed E-state index contributed by atoms with van der Waals surface area (Å²) in [6.07, 6.45) is 2.61. The van der Waals surface area contributed by atoms with Gasteiger partial charge in [-0.3, -0.25) is 0 Å². The fraction of sp³-hybridized carbons (Fsp3) is 0.562. The third-order valence-electron chi connectivity index (χ3n) is 3.68. The second-order valence-electron chi connectivity index (χ2n) is 5.21. The lowest BCUT2D eigenvalue weighted by molar-refractivity contribution is -0.145. The highest BCUT2D eigenvalue weighted by molar-refractivity contribution is 5.79. The van der Waals surface area contributed by atoms with Crippen LogP contribution in [0.15, 0.2) is 24.3 Å². The lowest BCUT2D eigenvalue weighted by Crippen LogP contribution is -2.19. The molecule has 1 fully saturated rings. The molecule has 1 saturated heterocycles. The molecular formula is C16H22O4. The molecule has 2 rings (SSSR count). The summed E-state index contributed by atoms with van der Waals surface area (Å²) < 4.78 is 15.9. The number of benzene rings is 1. The summed E-state index contributed by atoms with van der Waals surface area (Å²) in [5.74, 6) is 0.524. The van der Waals surface area contributed by atoms with E-state index in [-0.39, 0.29) is 5.97 Å². The Hall–Kier alpha value is -1.55. The third kappa shape index (κ3) is 3.12. The highest BCUT2D eigenvalue weighted by Gasteiger charge is 2.59. The molecule has 0 N–H and O–H groups in total. The molecule has 0 aliphatic carbocycles. The summed E-state index contributed by atoms with van der Waals surface area (Å²) in [7, 11) is 1.63. The smallest absolute Gasteiger partial charge is 0.338 e. The van der Waals surface area contributed by atoms with E-state index < -0.39 is 11.7 Å². The Morgan fingerprint density at radius 3 is 2.60 bits per heavy atom. The first-order valence-electron chi connectivity index (χ1n) is 7.10. The molecule has 1 aromatic rings. The molecule has 1 heterocycles. The van der Waals surface area contributed by atoms with Gasteiger partial charge >= 0.3 is 5.97 Å². The van der Waals surface area contributed by atoms with Gasteiger partial charge in [-0.1, -0.05) is 31.9 Å². The standard InChI is InChI=1S/C16H22O4/c1-4-5-6-11-19-15(17)14-16(2,20-14)12-7-9-13(18-3)10-8-12/h7-10,14H,4-6,11H2,1-3H3. The average Bonchev–Trinajstić information content (AvgIpc) is 3.17. The molecule has 1 aromatic carbocycles. The molecule has 20 heavy (non-hydrogen) atoms. The Kier molecular flexibility index (Phi) is 4.65. The van der Waals surface area contributed by atoms with Crippen molar-refractivity contribution in [2.75, 3.05) is 13.7 Å². The molecule has 0 bridgehead atoms. The molecule has 4 nitrogen and oxygen atoms in total. The van der Waals surface area contributed by atoms with E-state index in [2.05, 4.69) is 6.92 Å². The van der Waals surface area contributed by atoms with Crippen molar-refractivity contribution >= 4 is 5.97 Å². The van der Waals surface area contributed by atoms with E-state index >= 15 is 0 Å². The molecule has 2 atom stereocenters. The molecule has 110 valence electrons. The van der Waals surface area contributed by atoms with Crippen LogP contribution in [0.25, 0.3) is 0 Å². The minimum atomic E-state index is -0.561. The van der Waals surface area contributed by atoms with Crippen LogP contribution in [0.1, 0.15) is 38.7 Å². The molecule has 1 aliphatic heterocycles. The number of hydrogen-bond acceptors (Lipinski definition) is 4. The van der Waals surface area contributed by atoms with Gasteiger partial charge in [-0.25, -0.2) is 4.79 Å². The monoisotopic (exact) mass is 278 g/mol. The van der Waals surface area contributed by atoms with Gasteiger partial charge in [-0.15, -0.1) is 0 Å². The maximum absolute atomic E-state index is 11.9. The predicted octanol–water partition coefficient (Wildman–Crippen LogP) is 3.04. The molecule has 0 amide bonds. The largest absolute Gasteiger partial charge is 0.497 e. The Morgan fingerprint density at radius 1 is 1.30 bits per heavy atom. The average molecular weight is 278 g/mol. The topological polar surface area (TPSA) is 48.1 Å². The molecule has 4 heteroatoms. The first kappa shape index (κ1) is 14.9. The molecule has 0 spiro atoms. The minimum Gasteiger partial charge on any atom is -0.497 e. The number of hydrogen-bond donors (Lipinski definition) is 0. The van der Waals surface area contributed by atoms with Crippen LogP contribution in [-0.4, -0.2) is 25.8 Å². The van der Waals surface area contributed by atoms with E-state index in [0.717, 1.165) is 30.6 Å². The van der Waals surface area contributed by atoms with E-state index in [1.165, 1.54) is 0 Å². The molecule has 0 saturated carbocycles. The van der Waals surface area contributed by atoms with Crippen molar-refractivity contribution < 1.29 is 19.0 Å². The summed E-state index contributed by atoms with van der Waals surface area (Å²) in [6, 6.07) is 7.57. The zero-order valence-electron chi connectivity index (χ0n) is 12.3. The second-order valence-corrected chi connectivity index (χ2v) is 5.21. The van der Waals surface area contributed by atoms with Crippen molar-refractivity contribution in [1.29, 1.82) is 0 Å². The van der Waals surface area contributed by atoms with Crippen LogP contribution in [0.5, 0.6) is 5.75 Å². The Balaban J connectivity index is 1.88. The fourth-order valence-corrected chi connectivity index (χ4v) is 2.23. The van der Waals surface area contributed by atoms with Crippen molar-refractivity contribution in [3.8, 4) is 5.75 Å². The Morgan fingerprint density at radius 2 is 2.00 bits per heavy atom. The number of ether oxygens (including phenoxy) is 3. The van der Waals surface area contributed by atoms with Crippen molar-refractivity contribution in [3.63, 3.8) is 0 Å². The van der Waals surface area contributed by atoms with E-state index in [4.69, 9.17) is 14.2 Å². The maximum atomic E-state index is 11.9. The molecule has 0 aromatic heterocycles. The Bertz CT molecular complexity index is 454. The SMILES string of the molecule is CCCCCOC(=O)C1OC1(C)c1ccc(OC)cc1. The van der Waals surface area contributed by atoms with Crippen LogP contribution in [0.3, 0.4) is 0 Å². The van der Waals surface area contributed by atoms with Crippen LogP contribution < -0.4 is 4.74 Å².